The van der Waals surface area contributed by atoms with E-state index in [4.69, 9.17) is 10.5 Å². The Kier molecular flexibility index (Phi) is 3.27. The molecule has 1 heterocycles. The molecule has 6 heteroatoms. The highest BCUT2D eigenvalue weighted by molar-refractivity contribution is 5.52. The summed E-state index contributed by atoms with van der Waals surface area (Å²) in [5, 5.41) is 0. The highest BCUT2D eigenvalue weighted by Crippen LogP contribution is 2.24. The van der Waals surface area contributed by atoms with Crippen LogP contribution in [0, 0.1) is 6.92 Å². The molecule has 2 rings (SSSR count). The molecule has 0 unspecified atom stereocenters. The zero-order valence-electron chi connectivity index (χ0n) is 10.3. The second-order valence-electron chi connectivity index (χ2n) is 3.72. The maximum absolute atomic E-state index is 11.8. The van der Waals surface area contributed by atoms with Crippen molar-refractivity contribution in [1.82, 2.24) is 14.5 Å². The molecule has 94 valence electrons. The third-order valence-electron chi connectivity index (χ3n) is 2.46. The molecular formula is C12H14N4O2. The Morgan fingerprint density at radius 2 is 2.22 bits per heavy atom. The summed E-state index contributed by atoms with van der Waals surface area (Å²) >= 11 is 0. The van der Waals surface area contributed by atoms with Gasteiger partial charge in [-0.25, -0.2) is 14.3 Å². The van der Waals surface area contributed by atoms with E-state index in [1.165, 1.54) is 10.9 Å². The number of aryl methyl sites for hydroxylation is 1. The molecular weight excluding hydrogens is 232 g/mol. The van der Waals surface area contributed by atoms with Crippen LogP contribution in [0.2, 0.25) is 0 Å². The van der Waals surface area contributed by atoms with Gasteiger partial charge in [-0.2, -0.15) is 4.98 Å². The number of hydrogen-bond acceptors (Lipinski definition) is 5. The van der Waals surface area contributed by atoms with E-state index in [0.29, 0.717) is 18.0 Å². The van der Waals surface area contributed by atoms with Gasteiger partial charge < -0.3 is 10.5 Å². The van der Waals surface area contributed by atoms with Gasteiger partial charge in [0.15, 0.2) is 0 Å². The predicted octanol–water partition coefficient (Wildman–Crippen LogP) is 0.917. The number of ether oxygens (including phenoxy) is 1. The van der Waals surface area contributed by atoms with Gasteiger partial charge in [0.2, 0.25) is 5.95 Å². The molecule has 0 aliphatic carbocycles. The zero-order valence-corrected chi connectivity index (χ0v) is 10.3. The third-order valence-corrected chi connectivity index (χ3v) is 2.46. The van der Waals surface area contributed by atoms with E-state index in [9.17, 15) is 4.79 Å². The fourth-order valence-electron chi connectivity index (χ4n) is 1.71. The minimum absolute atomic E-state index is 0.0391. The molecule has 18 heavy (non-hydrogen) atoms. The summed E-state index contributed by atoms with van der Waals surface area (Å²) in [5.41, 5.74) is 6.44. The van der Waals surface area contributed by atoms with Gasteiger partial charge in [0.1, 0.15) is 12.1 Å². The molecule has 6 nitrogen and oxygen atoms in total. The molecule has 0 saturated heterocycles. The summed E-state index contributed by atoms with van der Waals surface area (Å²) in [6, 6.07) is 5.56. The number of para-hydroxylation sites is 1. The maximum atomic E-state index is 11.8. The lowest BCUT2D eigenvalue weighted by atomic mass is 10.2. The van der Waals surface area contributed by atoms with Crippen molar-refractivity contribution in [2.75, 3.05) is 12.3 Å². The number of rotatable bonds is 3. The lowest BCUT2D eigenvalue weighted by molar-refractivity contribution is 0.338. The van der Waals surface area contributed by atoms with E-state index < -0.39 is 5.69 Å². The summed E-state index contributed by atoms with van der Waals surface area (Å²) in [5.74, 6) is 0.579. The number of nitrogens with zero attached hydrogens (tertiary/aromatic N) is 3. The van der Waals surface area contributed by atoms with Gasteiger partial charge in [-0.15, -0.1) is 0 Å². The van der Waals surface area contributed by atoms with Gasteiger partial charge in [0, 0.05) is 0 Å². The smallest absolute Gasteiger partial charge is 0.356 e. The Hall–Kier alpha value is -2.37. The Morgan fingerprint density at radius 3 is 2.89 bits per heavy atom. The number of nitrogens with two attached hydrogens (primary N) is 1. The monoisotopic (exact) mass is 246 g/mol. The van der Waals surface area contributed by atoms with Crippen molar-refractivity contribution in [2.24, 2.45) is 0 Å². The van der Waals surface area contributed by atoms with Crippen LogP contribution >= 0.6 is 0 Å². The van der Waals surface area contributed by atoms with Gasteiger partial charge in [-0.05, 0) is 25.5 Å². The quantitative estimate of drug-likeness (QED) is 0.870. The fourth-order valence-corrected chi connectivity index (χ4v) is 1.71. The summed E-state index contributed by atoms with van der Waals surface area (Å²) in [4.78, 5) is 19.3. The summed E-state index contributed by atoms with van der Waals surface area (Å²) in [6.45, 7) is 4.29. The molecule has 2 N–H and O–H groups in total. The first kappa shape index (κ1) is 12.1. The molecule has 0 saturated carbocycles. The van der Waals surface area contributed by atoms with Crippen LogP contribution in [0.4, 0.5) is 5.95 Å². The van der Waals surface area contributed by atoms with Crippen LogP contribution in [-0.4, -0.2) is 21.1 Å². The Bertz CT molecular complexity index is 622. The average Bonchev–Trinajstić information content (AvgIpc) is 2.31. The van der Waals surface area contributed by atoms with Crippen LogP contribution < -0.4 is 16.2 Å². The van der Waals surface area contributed by atoms with E-state index in [2.05, 4.69) is 9.97 Å². The number of anilines is 1. The predicted molar refractivity (Wildman–Crippen MR) is 67.9 cm³/mol. The highest BCUT2D eigenvalue weighted by atomic mass is 16.5. The molecule has 0 aliphatic rings. The van der Waals surface area contributed by atoms with E-state index >= 15 is 0 Å². The molecule has 0 bridgehead atoms. The Labute approximate surface area is 104 Å². The van der Waals surface area contributed by atoms with E-state index in [1.54, 1.807) is 6.07 Å². The number of nitrogen functional groups attached to an aromatic ring is 1. The summed E-state index contributed by atoms with van der Waals surface area (Å²) in [6.07, 6.45) is 1.36. The van der Waals surface area contributed by atoms with Crippen LogP contribution in [0.5, 0.6) is 5.75 Å². The molecule has 0 aliphatic heterocycles. The molecule has 2 aromatic rings. The van der Waals surface area contributed by atoms with Gasteiger partial charge in [0.25, 0.3) is 0 Å². The lowest BCUT2D eigenvalue weighted by Gasteiger charge is -2.13. The average molecular weight is 246 g/mol. The van der Waals surface area contributed by atoms with Gasteiger partial charge >= 0.3 is 5.69 Å². The maximum Gasteiger partial charge on any atom is 0.356 e. The minimum Gasteiger partial charge on any atom is -0.492 e. The van der Waals surface area contributed by atoms with E-state index in [1.807, 2.05) is 26.0 Å². The second kappa shape index (κ2) is 4.87. The van der Waals surface area contributed by atoms with Gasteiger partial charge in [-0.3, -0.25) is 0 Å². The largest absolute Gasteiger partial charge is 0.492 e. The molecule has 0 fully saturated rings. The minimum atomic E-state index is -0.474. The molecule has 0 atom stereocenters. The number of benzene rings is 1. The second-order valence-corrected chi connectivity index (χ2v) is 3.72. The summed E-state index contributed by atoms with van der Waals surface area (Å²) < 4.78 is 6.84. The van der Waals surface area contributed by atoms with Crippen LogP contribution in [0.1, 0.15) is 12.5 Å². The standard InChI is InChI=1S/C12H14N4O2/c1-3-18-9-6-4-5-8(2)10(9)16-7-14-11(13)15-12(16)17/h4-7H,3H2,1-2H3,(H2,13,15,17). The SMILES string of the molecule is CCOc1cccc(C)c1-n1cnc(N)nc1=O. The van der Waals surface area contributed by atoms with Crippen molar-refractivity contribution in [1.29, 1.82) is 0 Å². The van der Waals surface area contributed by atoms with Crippen molar-refractivity contribution < 1.29 is 4.74 Å². The summed E-state index contributed by atoms with van der Waals surface area (Å²) in [7, 11) is 0. The van der Waals surface area contributed by atoms with Crippen molar-refractivity contribution in [3.05, 3.63) is 40.6 Å². The van der Waals surface area contributed by atoms with Gasteiger partial charge in [-0.1, -0.05) is 12.1 Å². The first-order chi connectivity index (χ1) is 8.63. The van der Waals surface area contributed by atoms with Crippen LogP contribution in [0.15, 0.2) is 29.3 Å². The molecule has 1 aromatic carbocycles. The van der Waals surface area contributed by atoms with E-state index in [-0.39, 0.29) is 5.95 Å². The number of aromatic nitrogens is 3. The first-order valence-electron chi connectivity index (χ1n) is 5.57. The molecule has 1 aromatic heterocycles. The van der Waals surface area contributed by atoms with Crippen molar-refractivity contribution >= 4 is 5.95 Å². The fraction of sp³-hybridized carbons (Fsp3) is 0.250. The first-order valence-corrected chi connectivity index (χ1v) is 5.57. The Balaban J connectivity index is 2.66. The molecule has 0 radical (unpaired) electrons. The molecule has 0 spiro atoms. The third kappa shape index (κ3) is 2.17. The zero-order chi connectivity index (χ0) is 13.1. The number of hydrogen-bond donors (Lipinski definition) is 1. The Morgan fingerprint density at radius 1 is 1.44 bits per heavy atom. The lowest BCUT2D eigenvalue weighted by Crippen LogP contribution is -2.24. The van der Waals surface area contributed by atoms with Crippen LogP contribution in [0.25, 0.3) is 5.69 Å². The van der Waals surface area contributed by atoms with Crippen LogP contribution in [-0.2, 0) is 0 Å². The highest BCUT2D eigenvalue weighted by Gasteiger charge is 2.11. The van der Waals surface area contributed by atoms with Crippen molar-refractivity contribution in [3.63, 3.8) is 0 Å². The van der Waals surface area contributed by atoms with Crippen molar-refractivity contribution in [2.45, 2.75) is 13.8 Å². The normalized spacial score (nSPS) is 10.3. The molecule has 0 amide bonds. The van der Waals surface area contributed by atoms with Crippen LogP contribution in [0.3, 0.4) is 0 Å². The van der Waals surface area contributed by atoms with Gasteiger partial charge in [0.05, 0.1) is 12.3 Å². The van der Waals surface area contributed by atoms with Crippen molar-refractivity contribution in [3.8, 4) is 11.4 Å². The topological polar surface area (TPSA) is 83.0 Å². The van der Waals surface area contributed by atoms with E-state index in [0.717, 1.165) is 5.56 Å².